The zero-order valence-electron chi connectivity index (χ0n) is 11.9. The van der Waals surface area contributed by atoms with Gasteiger partial charge in [-0.3, -0.25) is 0 Å². The van der Waals surface area contributed by atoms with Crippen molar-refractivity contribution in [1.82, 2.24) is 9.78 Å². The number of nitrogens with zero attached hydrogens (tertiary/aromatic N) is 2. The van der Waals surface area contributed by atoms with Crippen molar-refractivity contribution in [3.63, 3.8) is 0 Å². The lowest BCUT2D eigenvalue weighted by Gasteiger charge is -2.19. The van der Waals surface area contributed by atoms with Gasteiger partial charge in [0.15, 0.2) is 0 Å². The van der Waals surface area contributed by atoms with Gasteiger partial charge in [-0.1, -0.05) is 39.0 Å². The zero-order chi connectivity index (χ0) is 13.9. The van der Waals surface area contributed by atoms with Gasteiger partial charge >= 0.3 is 0 Å². The number of rotatable bonds is 4. The summed E-state index contributed by atoms with van der Waals surface area (Å²) in [5, 5.41) is 14.6. The molecule has 0 aliphatic heterocycles. The summed E-state index contributed by atoms with van der Waals surface area (Å²) in [5.41, 5.74) is 1.99. The number of aliphatic hydroxyl groups is 1. The van der Waals surface area contributed by atoms with E-state index in [1.807, 2.05) is 42.6 Å². The van der Waals surface area contributed by atoms with Crippen LogP contribution in [0.5, 0.6) is 0 Å². The quantitative estimate of drug-likeness (QED) is 0.907. The maximum absolute atomic E-state index is 10.2. The highest BCUT2D eigenvalue weighted by molar-refractivity contribution is 5.30. The molecule has 1 atom stereocenters. The maximum Gasteiger partial charge on any atom is 0.0978 e. The van der Waals surface area contributed by atoms with Crippen molar-refractivity contribution in [2.24, 2.45) is 5.41 Å². The fourth-order valence-corrected chi connectivity index (χ4v) is 1.96. The molecule has 2 rings (SSSR count). The van der Waals surface area contributed by atoms with E-state index in [-0.39, 0.29) is 5.41 Å². The van der Waals surface area contributed by atoms with Crippen LogP contribution in [0, 0.1) is 5.41 Å². The van der Waals surface area contributed by atoms with Crippen LogP contribution in [0.3, 0.4) is 0 Å². The Morgan fingerprint density at radius 1 is 1.16 bits per heavy atom. The van der Waals surface area contributed by atoms with E-state index in [0.717, 1.165) is 24.2 Å². The lowest BCUT2D eigenvalue weighted by atomic mass is 9.89. The Balaban J connectivity index is 2.05. The first-order valence-corrected chi connectivity index (χ1v) is 6.75. The fourth-order valence-electron chi connectivity index (χ4n) is 1.96. The summed E-state index contributed by atoms with van der Waals surface area (Å²) >= 11 is 0. The first-order chi connectivity index (χ1) is 8.96. The standard InChI is InChI=1S/C16H22N2O/c1-16(2,3)11-9-15(19)14-10-12-18(17-14)13-7-5-4-6-8-13/h4-8,10,12,15,19H,9,11H2,1-3H3. The average molecular weight is 258 g/mol. The molecule has 1 unspecified atom stereocenters. The van der Waals surface area contributed by atoms with Gasteiger partial charge in [0.1, 0.15) is 0 Å². The minimum atomic E-state index is -0.482. The molecule has 0 radical (unpaired) electrons. The van der Waals surface area contributed by atoms with Crippen LogP contribution < -0.4 is 0 Å². The molecule has 1 N–H and O–H groups in total. The fraction of sp³-hybridized carbons (Fsp3) is 0.438. The summed E-state index contributed by atoms with van der Waals surface area (Å²) in [6, 6.07) is 11.8. The van der Waals surface area contributed by atoms with Crippen LogP contribution in [-0.2, 0) is 0 Å². The van der Waals surface area contributed by atoms with E-state index < -0.39 is 6.10 Å². The highest BCUT2D eigenvalue weighted by Crippen LogP contribution is 2.26. The van der Waals surface area contributed by atoms with Gasteiger partial charge in [-0.05, 0) is 36.5 Å². The number of para-hydroxylation sites is 1. The van der Waals surface area contributed by atoms with E-state index >= 15 is 0 Å². The Hall–Kier alpha value is -1.61. The number of aromatic nitrogens is 2. The van der Waals surface area contributed by atoms with Crippen LogP contribution in [-0.4, -0.2) is 14.9 Å². The van der Waals surface area contributed by atoms with Gasteiger partial charge in [0, 0.05) is 6.20 Å². The van der Waals surface area contributed by atoms with E-state index in [4.69, 9.17) is 0 Å². The predicted molar refractivity (Wildman–Crippen MR) is 77.2 cm³/mol. The van der Waals surface area contributed by atoms with Crippen molar-refractivity contribution >= 4 is 0 Å². The van der Waals surface area contributed by atoms with E-state index in [0.29, 0.717) is 0 Å². The van der Waals surface area contributed by atoms with Crippen LogP contribution in [0.2, 0.25) is 0 Å². The van der Waals surface area contributed by atoms with Crippen molar-refractivity contribution in [2.45, 2.75) is 39.7 Å². The van der Waals surface area contributed by atoms with E-state index in [1.54, 1.807) is 4.68 Å². The molecule has 2 aromatic rings. The monoisotopic (exact) mass is 258 g/mol. The lowest BCUT2D eigenvalue weighted by Crippen LogP contribution is -2.09. The Bertz CT molecular complexity index is 511. The third-order valence-electron chi connectivity index (χ3n) is 3.14. The van der Waals surface area contributed by atoms with Crippen molar-refractivity contribution < 1.29 is 5.11 Å². The molecule has 0 aliphatic carbocycles. The summed E-state index contributed by atoms with van der Waals surface area (Å²) < 4.78 is 1.80. The summed E-state index contributed by atoms with van der Waals surface area (Å²) in [5.74, 6) is 0. The number of hydrogen-bond donors (Lipinski definition) is 1. The Kier molecular flexibility index (Phi) is 4.05. The first kappa shape index (κ1) is 13.8. The van der Waals surface area contributed by atoms with Crippen molar-refractivity contribution in [3.8, 4) is 5.69 Å². The molecule has 3 nitrogen and oxygen atoms in total. The lowest BCUT2D eigenvalue weighted by molar-refractivity contribution is 0.143. The number of benzene rings is 1. The number of aliphatic hydroxyl groups excluding tert-OH is 1. The molecule has 0 fully saturated rings. The Morgan fingerprint density at radius 3 is 2.47 bits per heavy atom. The second-order valence-corrected chi connectivity index (χ2v) is 6.14. The molecular weight excluding hydrogens is 236 g/mol. The molecule has 0 amide bonds. The summed E-state index contributed by atoms with van der Waals surface area (Å²) in [7, 11) is 0. The SMILES string of the molecule is CC(C)(C)CCC(O)c1ccn(-c2ccccc2)n1. The molecule has 19 heavy (non-hydrogen) atoms. The first-order valence-electron chi connectivity index (χ1n) is 6.75. The normalized spacial score (nSPS) is 13.5. The van der Waals surface area contributed by atoms with Gasteiger partial charge in [0.25, 0.3) is 0 Å². The highest BCUT2D eigenvalue weighted by atomic mass is 16.3. The molecule has 102 valence electrons. The topological polar surface area (TPSA) is 38.0 Å². The Morgan fingerprint density at radius 2 is 1.84 bits per heavy atom. The minimum Gasteiger partial charge on any atom is -0.387 e. The summed E-state index contributed by atoms with van der Waals surface area (Å²) in [6.07, 6.45) is 3.14. The largest absolute Gasteiger partial charge is 0.387 e. The third kappa shape index (κ3) is 3.93. The molecule has 1 aromatic carbocycles. The summed E-state index contributed by atoms with van der Waals surface area (Å²) in [4.78, 5) is 0. The molecule has 0 bridgehead atoms. The second kappa shape index (κ2) is 5.57. The second-order valence-electron chi connectivity index (χ2n) is 6.14. The molecule has 0 saturated heterocycles. The van der Waals surface area contributed by atoms with Crippen LogP contribution in [0.4, 0.5) is 0 Å². The smallest absolute Gasteiger partial charge is 0.0978 e. The molecule has 0 aliphatic rings. The van der Waals surface area contributed by atoms with E-state index in [1.165, 1.54) is 0 Å². The maximum atomic E-state index is 10.2. The van der Waals surface area contributed by atoms with Gasteiger partial charge in [0.05, 0.1) is 17.5 Å². The van der Waals surface area contributed by atoms with Crippen molar-refractivity contribution in [1.29, 1.82) is 0 Å². The van der Waals surface area contributed by atoms with Crippen LogP contribution in [0.15, 0.2) is 42.6 Å². The van der Waals surface area contributed by atoms with Gasteiger partial charge < -0.3 is 5.11 Å². The molecular formula is C16H22N2O. The van der Waals surface area contributed by atoms with Crippen LogP contribution in [0.1, 0.15) is 45.4 Å². The summed E-state index contributed by atoms with van der Waals surface area (Å²) in [6.45, 7) is 6.55. The van der Waals surface area contributed by atoms with Gasteiger partial charge in [0.2, 0.25) is 0 Å². The van der Waals surface area contributed by atoms with Gasteiger partial charge in [-0.2, -0.15) is 5.10 Å². The van der Waals surface area contributed by atoms with Gasteiger partial charge in [-0.25, -0.2) is 4.68 Å². The zero-order valence-corrected chi connectivity index (χ0v) is 11.9. The molecule has 0 spiro atoms. The highest BCUT2D eigenvalue weighted by Gasteiger charge is 2.16. The molecule has 1 aromatic heterocycles. The third-order valence-corrected chi connectivity index (χ3v) is 3.14. The van der Waals surface area contributed by atoms with Crippen LogP contribution in [0.25, 0.3) is 5.69 Å². The van der Waals surface area contributed by atoms with Crippen LogP contribution >= 0.6 is 0 Å². The van der Waals surface area contributed by atoms with Crippen molar-refractivity contribution in [2.75, 3.05) is 0 Å². The van der Waals surface area contributed by atoms with E-state index in [2.05, 4.69) is 25.9 Å². The number of hydrogen-bond acceptors (Lipinski definition) is 2. The minimum absolute atomic E-state index is 0.239. The Labute approximate surface area is 114 Å². The van der Waals surface area contributed by atoms with Gasteiger partial charge in [-0.15, -0.1) is 0 Å². The molecule has 3 heteroatoms. The average Bonchev–Trinajstić information content (AvgIpc) is 2.86. The molecule has 0 saturated carbocycles. The molecule has 1 heterocycles. The van der Waals surface area contributed by atoms with Crippen molar-refractivity contribution in [3.05, 3.63) is 48.3 Å². The van der Waals surface area contributed by atoms with E-state index in [9.17, 15) is 5.11 Å². The predicted octanol–water partition coefficient (Wildman–Crippen LogP) is 3.73.